The minimum Gasteiger partial charge on any atom is -0.496 e. The van der Waals surface area contributed by atoms with Gasteiger partial charge in [0.15, 0.2) is 0 Å². The fraction of sp³-hybridized carbons (Fsp3) is 0.200. The van der Waals surface area contributed by atoms with Crippen LogP contribution in [0.1, 0.15) is 22.6 Å². The van der Waals surface area contributed by atoms with Gasteiger partial charge in [0.1, 0.15) is 11.5 Å². The summed E-state index contributed by atoms with van der Waals surface area (Å²) < 4.78 is 11.5. The number of rotatable bonds is 3. The zero-order chi connectivity index (χ0) is 15.1. The zero-order valence-corrected chi connectivity index (χ0v) is 12.8. The summed E-state index contributed by atoms with van der Waals surface area (Å²) in [6.45, 7) is 0. The molecule has 0 heterocycles. The highest BCUT2D eigenvalue weighted by molar-refractivity contribution is 5.97. The van der Waals surface area contributed by atoms with E-state index >= 15 is 0 Å². The summed E-state index contributed by atoms with van der Waals surface area (Å²) >= 11 is 0. The number of methoxy groups -OCH3 is 2. The van der Waals surface area contributed by atoms with E-state index in [4.69, 9.17) is 9.47 Å². The van der Waals surface area contributed by atoms with Gasteiger partial charge in [0.25, 0.3) is 0 Å². The van der Waals surface area contributed by atoms with Gasteiger partial charge in [-0.3, -0.25) is 0 Å². The Labute approximate surface area is 130 Å². The number of hydrogen-bond acceptors (Lipinski definition) is 2. The van der Waals surface area contributed by atoms with E-state index in [2.05, 4.69) is 42.5 Å². The Morgan fingerprint density at radius 3 is 2.00 bits per heavy atom. The van der Waals surface area contributed by atoms with Gasteiger partial charge in [0.05, 0.1) is 14.2 Å². The molecule has 3 aromatic carbocycles. The van der Waals surface area contributed by atoms with Crippen LogP contribution in [-0.4, -0.2) is 14.2 Å². The van der Waals surface area contributed by atoms with Gasteiger partial charge in [0, 0.05) is 27.8 Å². The Morgan fingerprint density at radius 1 is 0.773 bits per heavy atom. The summed E-state index contributed by atoms with van der Waals surface area (Å²) in [6, 6.07) is 18.9. The predicted octanol–water partition coefficient (Wildman–Crippen LogP) is 4.55. The molecular formula is C20H18O2. The normalized spacial score (nSPS) is 16.0. The number of hydrogen-bond donors (Lipinski definition) is 0. The van der Waals surface area contributed by atoms with Crippen LogP contribution >= 0.6 is 0 Å². The van der Waals surface area contributed by atoms with Gasteiger partial charge in [-0.15, -0.1) is 0 Å². The molecule has 0 spiro atoms. The molecule has 2 nitrogen and oxygen atoms in total. The van der Waals surface area contributed by atoms with E-state index in [0.717, 1.165) is 28.7 Å². The molecule has 0 aromatic heterocycles. The molecule has 0 aliphatic heterocycles. The topological polar surface area (TPSA) is 18.5 Å². The second-order valence-corrected chi connectivity index (χ2v) is 5.67. The molecule has 1 unspecified atom stereocenters. The summed E-state index contributed by atoms with van der Waals surface area (Å²) in [6.07, 6.45) is 1.00. The van der Waals surface area contributed by atoms with E-state index in [9.17, 15) is 0 Å². The van der Waals surface area contributed by atoms with Crippen molar-refractivity contribution in [1.82, 2.24) is 0 Å². The average Bonchev–Trinajstić information content (AvgIpc) is 2.56. The lowest BCUT2D eigenvalue weighted by molar-refractivity contribution is 0.389. The fourth-order valence-corrected chi connectivity index (χ4v) is 3.62. The standard InChI is InChI=1S/C20H18O2/c1-21-19-14-10-6-7-11-15(14)20(22-2)18-16(12-17(18)19)13-8-4-3-5-9-13/h3-11,16H,12H2,1-2H3. The molecule has 0 bridgehead atoms. The Morgan fingerprint density at radius 2 is 1.36 bits per heavy atom. The first-order chi connectivity index (χ1) is 10.8. The van der Waals surface area contributed by atoms with Crippen LogP contribution in [0, 0.1) is 0 Å². The van der Waals surface area contributed by atoms with Gasteiger partial charge in [-0.2, -0.15) is 0 Å². The molecule has 1 aliphatic carbocycles. The van der Waals surface area contributed by atoms with Crippen molar-refractivity contribution in [1.29, 1.82) is 0 Å². The number of fused-ring (bicyclic) bond motifs is 2. The molecule has 0 radical (unpaired) electrons. The molecule has 3 aromatic rings. The summed E-state index contributed by atoms with van der Waals surface area (Å²) in [4.78, 5) is 0. The smallest absolute Gasteiger partial charge is 0.131 e. The van der Waals surface area contributed by atoms with Crippen LogP contribution in [0.25, 0.3) is 10.8 Å². The maximum Gasteiger partial charge on any atom is 0.131 e. The van der Waals surface area contributed by atoms with Gasteiger partial charge in [-0.1, -0.05) is 54.6 Å². The van der Waals surface area contributed by atoms with E-state index in [1.807, 2.05) is 12.1 Å². The quantitative estimate of drug-likeness (QED) is 0.705. The highest BCUT2D eigenvalue weighted by atomic mass is 16.5. The van der Waals surface area contributed by atoms with Crippen molar-refractivity contribution >= 4 is 10.8 Å². The van der Waals surface area contributed by atoms with Gasteiger partial charge in [-0.05, 0) is 12.0 Å². The van der Waals surface area contributed by atoms with E-state index in [1.165, 1.54) is 16.7 Å². The van der Waals surface area contributed by atoms with Crippen LogP contribution < -0.4 is 9.47 Å². The van der Waals surface area contributed by atoms with Crippen molar-refractivity contribution in [3.63, 3.8) is 0 Å². The van der Waals surface area contributed by atoms with Gasteiger partial charge in [-0.25, -0.2) is 0 Å². The summed E-state index contributed by atoms with van der Waals surface area (Å²) in [7, 11) is 3.51. The molecule has 110 valence electrons. The lowest BCUT2D eigenvalue weighted by Gasteiger charge is -2.35. The maximum absolute atomic E-state index is 5.79. The maximum atomic E-state index is 5.79. The monoisotopic (exact) mass is 290 g/mol. The van der Waals surface area contributed by atoms with Crippen molar-refractivity contribution in [3.05, 3.63) is 71.3 Å². The zero-order valence-electron chi connectivity index (χ0n) is 12.8. The molecule has 0 fully saturated rings. The Hall–Kier alpha value is -2.48. The second-order valence-electron chi connectivity index (χ2n) is 5.67. The highest BCUT2D eigenvalue weighted by Crippen LogP contribution is 2.53. The molecule has 4 rings (SSSR count). The van der Waals surface area contributed by atoms with Crippen molar-refractivity contribution in [3.8, 4) is 11.5 Å². The van der Waals surface area contributed by atoms with Gasteiger partial charge in [0.2, 0.25) is 0 Å². The third-order valence-corrected chi connectivity index (χ3v) is 4.63. The first kappa shape index (κ1) is 13.2. The molecule has 0 N–H and O–H groups in total. The lowest BCUT2D eigenvalue weighted by atomic mass is 9.71. The largest absolute Gasteiger partial charge is 0.496 e. The predicted molar refractivity (Wildman–Crippen MR) is 89.0 cm³/mol. The van der Waals surface area contributed by atoms with Crippen LogP contribution in [0.4, 0.5) is 0 Å². The molecule has 0 saturated heterocycles. The first-order valence-electron chi connectivity index (χ1n) is 7.55. The third-order valence-electron chi connectivity index (χ3n) is 4.63. The third kappa shape index (κ3) is 1.73. The van der Waals surface area contributed by atoms with Crippen LogP contribution in [0.3, 0.4) is 0 Å². The molecule has 2 heteroatoms. The number of ether oxygens (including phenoxy) is 2. The second kappa shape index (κ2) is 5.06. The van der Waals surface area contributed by atoms with Gasteiger partial charge < -0.3 is 9.47 Å². The summed E-state index contributed by atoms with van der Waals surface area (Å²) in [5.41, 5.74) is 3.90. The SMILES string of the molecule is COc1c2c(c(OC)c3ccccc13)C(c1ccccc1)C2. The van der Waals surface area contributed by atoms with Gasteiger partial charge >= 0.3 is 0 Å². The van der Waals surface area contributed by atoms with E-state index < -0.39 is 0 Å². The Balaban J connectivity index is 1.99. The molecule has 1 atom stereocenters. The summed E-state index contributed by atoms with van der Waals surface area (Å²) in [5.74, 6) is 2.38. The minimum absolute atomic E-state index is 0.393. The molecule has 0 amide bonds. The summed E-state index contributed by atoms with van der Waals surface area (Å²) in [5, 5.41) is 2.26. The molecular weight excluding hydrogens is 272 g/mol. The highest BCUT2D eigenvalue weighted by Gasteiger charge is 2.36. The van der Waals surface area contributed by atoms with E-state index in [1.54, 1.807) is 14.2 Å². The van der Waals surface area contributed by atoms with Crippen LogP contribution in [0.5, 0.6) is 11.5 Å². The minimum atomic E-state index is 0.393. The van der Waals surface area contributed by atoms with Crippen LogP contribution in [0.15, 0.2) is 54.6 Å². The van der Waals surface area contributed by atoms with Crippen molar-refractivity contribution in [2.24, 2.45) is 0 Å². The first-order valence-corrected chi connectivity index (χ1v) is 7.55. The van der Waals surface area contributed by atoms with Crippen LogP contribution in [0.2, 0.25) is 0 Å². The lowest BCUT2D eigenvalue weighted by Crippen LogP contribution is -2.21. The average molecular weight is 290 g/mol. The molecule has 22 heavy (non-hydrogen) atoms. The Bertz CT molecular complexity index is 837. The van der Waals surface area contributed by atoms with Crippen molar-refractivity contribution in [2.75, 3.05) is 14.2 Å². The van der Waals surface area contributed by atoms with Crippen molar-refractivity contribution in [2.45, 2.75) is 12.3 Å². The fourth-order valence-electron chi connectivity index (χ4n) is 3.62. The molecule has 0 saturated carbocycles. The van der Waals surface area contributed by atoms with E-state index in [0.29, 0.717) is 5.92 Å². The Kier molecular flexibility index (Phi) is 3.04. The molecule has 1 aliphatic rings. The van der Waals surface area contributed by atoms with Crippen LogP contribution in [-0.2, 0) is 6.42 Å². The number of benzene rings is 3. The van der Waals surface area contributed by atoms with E-state index in [-0.39, 0.29) is 0 Å². The van der Waals surface area contributed by atoms with Crippen molar-refractivity contribution < 1.29 is 9.47 Å².